The summed E-state index contributed by atoms with van der Waals surface area (Å²) in [5.74, 6) is -1.14. The van der Waals surface area contributed by atoms with Crippen LogP contribution in [0, 0.1) is 11.6 Å². The number of nitrogens with zero attached hydrogens (tertiary/aromatic N) is 3. The van der Waals surface area contributed by atoms with E-state index in [1.165, 1.54) is 12.0 Å². The molecule has 0 amide bonds. The molecule has 1 aromatic heterocycles. The lowest BCUT2D eigenvalue weighted by Crippen LogP contribution is -2.42. The minimum Gasteiger partial charge on any atom is -0.355 e. The second-order valence-corrected chi connectivity index (χ2v) is 8.94. The quantitative estimate of drug-likeness (QED) is 0.553. The number of aromatic nitrogens is 2. The second-order valence-electron chi connectivity index (χ2n) is 8.94. The van der Waals surface area contributed by atoms with E-state index in [4.69, 9.17) is 15.7 Å². The summed E-state index contributed by atoms with van der Waals surface area (Å²) >= 11 is 0. The Morgan fingerprint density at radius 3 is 2.67 bits per heavy atom. The van der Waals surface area contributed by atoms with E-state index in [9.17, 15) is 8.78 Å². The summed E-state index contributed by atoms with van der Waals surface area (Å²) in [6.45, 7) is 3.06. The fourth-order valence-corrected chi connectivity index (χ4v) is 4.66. The average molecular weight is 441 g/mol. The Balaban J connectivity index is 1.28. The molecule has 33 heavy (non-hydrogen) atoms. The number of hydrogen-bond acceptors (Lipinski definition) is 5. The molecule has 3 heterocycles. The van der Waals surface area contributed by atoms with Gasteiger partial charge >= 0.3 is 0 Å². The maximum absolute atomic E-state index is 13.6. The Kier molecular flexibility index (Phi) is 5.93. The maximum atomic E-state index is 13.6. The van der Waals surface area contributed by atoms with Gasteiger partial charge in [0.15, 0.2) is 0 Å². The molecule has 0 spiro atoms. The Hall–Kier alpha value is -2.77. The van der Waals surface area contributed by atoms with Crippen molar-refractivity contribution in [3.63, 3.8) is 0 Å². The second kappa shape index (κ2) is 8.88. The normalized spacial score (nSPS) is 20.3. The molecular formula is C24H23B2F2N5. The molecule has 2 aliphatic heterocycles. The van der Waals surface area contributed by atoms with Crippen LogP contribution in [0.25, 0.3) is 11.3 Å². The minimum atomic E-state index is -1.51. The van der Waals surface area contributed by atoms with Crippen molar-refractivity contribution < 1.29 is 8.78 Å². The summed E-state index contributed by atoms with van der Waals surface area (Å²) in [5.41, 5.74) is 3.13. The van der Waals surface area contributed by atoms with Gasteiger partial charge in [0.2, 0.25) is 5.95 Å². The Morgan fingerprint density at radius 2 is 1.94 bits per heavy atom. The lowest BCUT2D eigenvalue weighted by molar-refractivity contribution is 0.218. The third kappa shape index (κ3) is 4.94. The van der Waals surface area contributed by atoms with E-state index in [1.807, 2.05) is 18.2 Å². The first-order valence-corrected chi connectivity index (χ1v) is 11.0. The number of rotatable bonds is 7. The van der Waals surface area contributed by atoms with E-state index in [-0.39, 0.29) is 12.1 Å². The van der Waals surface area contributed by atoms with Gasteiger partial charge in [-0.2, -0.15) is 0 Å². The van der Waals surface area contributed by atoms with Crippen LogP contribution in [0.15, 0.2) is 54.7 Å². The van der Waals surface area contributed by atoms with Crippen molar-refractivity contribution in [1.82, 2.24) is 20.2 Å². The Bertz CT molecular complexity index is 1140. The van der Waals surface area contributed by atoms with Crippen LogP contribution in [-0.2, 0) is 11.8 Å². The molecule has 2 aromatic carbocycles. The highest BCUT2D eigenvalue weighted by molar-refractivity contribution is 6.40. The van der Waals surface area contributed by atoms with Crippen molar-refractivity contribution in [2.45, 2.75) is 30.3 Å². The molecule has 2 unspecified atom stereocenters. The van der Waals surface area contributed by atoms with Crippen molar-refractivity contribution in [3.05, 3.63) is 77.5 Å². The van der Waals surface area contributed by atoms with E-state index < -0.39 is 16.8 Å². The molecule has 164 valence electrons. The predicted octanol–water partition coefficient (Wildman–Crippen LogP) is 2.57. The number of likely N-dealkylation sites (tertiary alicyclic amines) is 1. The van der Waals surface area contributed by atoms with E-state index in [0.717, 1.165) is 49.1 Å². The zero-order valence-electron chi connectivity index (χ0n) is 18.1. The van der Waals surface area contributed by atoms with Gasteiger partial charge in [-0.15, -0.1) is 0 Å². The van der Waals surface area contributed by atoms with Gasteiger partial charge in [-0.3, -0.25) is 4.90 Å². The molecule has 4 radical (unpaired) electrons. The van der Waals surface area contributed by atoms with Crippen molar-refractivity contribution >= 4 is 21.6 Å². The number of benzene rings is 2. The van der Waals surface area contributed by atoms with E-state index >= 15 is 0 Å². The zero-order chi connectivity index (χ0) is 23.0. The molecule has 0 saturated carbocycles. The zero-order valence-corrected chi connectivity index (χ0v) is 18.1. The molecule has 2 aliphatic rings. The molecule has 9 heteroatoms. The first kappa shape index (κ1) is 22.0. The predicted molar refractivity (Wildman–Crippen MR) is 126 cm³/mol. The lowest BCUT2D eigenvalue weighted by Gasteiger charge is -2.27. The summed E-state index contributed by atoms with van der Waals surface area (Å²) in [6, 6.07) is 14.4. The molecular weight excluding hydrogens is 418 g/mol. The van der Waals surface area contributed by atoms with Crippen LogP contribution in [0.2, 0.25) is 0 Å². The average Bonchev–Trinajstić information content (AvgIpc) is 3.41. The Labute approximate surface area is 194 Å². The van der Waals surface area contributed by atoms with E-state index in [0.29, 0.717) is 18.0 Å². The molecule has 2 atom stereocenters. The van der Waals surface area contributed by atoms with Gasteiger partial charge in [-0.1, -0.05) is 29.0 Å². The van der Waals surface area contributed by atoms with Crippen LogP contribution in [0.5, 0.6) is 0 Å². The topological polar surface area (TPSA) is 53.1 Å². The fourth-order valence-electron chi connectivity index (χ4n) is 4.66. The highest BCUT2D eigenvalue weighted by Gasteiger charge is 2.37. The van der Waals surface area contributed by atoms with Crippen molar-refractivity contribution in [1.29, 1.82) is 0 Å². The molecule has 2 bridgehead atoms. The van der Waals surface area contributed by atoms with Gasteiger partial charge in [-0.25, -0.2) is 18.7 Å². The number of nitrogens with one attached hydrogen (secondary N) is 2. The number of hydrogen-bond donors (Lipinski definition) is 2. The Morgan fingerprint density at radius 1 is 1.12 bits per heavy atom. The summed E-state index contributed by atoms with van der Waals surface area (Å²) in [5, 5.41) is 5.02. The standard InChI is InChI=1S/C24H23B2F2N5/c25-24(26,17-7-18(27)9-19(28)8-17)14-31-23-29-5-4-22(32-23)16-3-1-2-15(6-16)12-33-13-20-10-21(33)11-30-20/h1-9,20-21,30H,10-14H2,(H,29,31,32). The smallest absolute Gasteiger partial charge is 0.223 e. The number of piperazine rings is 1. The van der Waals surface area contributed by atoms with Gasteiger partial charge in [0.25, 0.3) is 0 Å². The fraction of sp³-hybridized carbons (Fsp3) is 0.333. The number of halogens is 2. The summed E-state index contributed by atoms with van der Waals surface area (Å²) < 4.78 is 27.1. The SMILES string of the molecule is [B]C([B])(CNc1nccc(-c2cccc(CN3CC4CC3CN4)c2)n1)c1cc(F)cc(F)c1. The monoisotopic (exact) mass is 441 g/mol. The lowest BCUT2D eigenvalue weighted by atomic mass is 9.51. The third-order valence-electron chi connectivity index (χ3n) is 6.37. The van der Waals surface area contributed by atoms with Crippen molar-refractivity contribution in [2.24, 2.45) is 0 Å². The van der Waals surface area contributed by atoms with E-state index in [1.54, 1.807) is 6.20 Å². The number of anilines is 1. The molecule has 0 aliphatic carbocycles. The minimum absolute atomic E-state index is 0.00899. The molecule has 3 aromatic rings. The van der Waals surface area contributed by atoms with Crippen LogP contribution in [0.1, 0.15) is 17.5 Å². The summed E-state index contributed by atoms with van der Waals surface area (Å²) in [6.07, 6.45) is 2.88. The van der Waals surface area contributed by atoms with Gasteiger partial charge < -0.3 is 10.6 Å². The van der Waals surface area contributed by atoms with Gasteiger partial charge in [0.1, 0.15) is 11.6 Å². The van der Waals surface area contributed by atoms with Crippen molar-refractivity contribution in [2.75, 3.05) is 25.0 Å². The van der Waals surface area contributed by atoms with Crippen LogP contribution >= 0.6 is 0 Å². The maximum Gasteiger partial charge on any atom is 0.223 e. The van der Waals surface area contributed by atoms with Crippen molar-refractivity contribution in [3.8, 4) is 11.3 Å². The largest absolute Gasteiger partial charge is 0.355 e. The highest BCUT2D eigenvalue weighted by atomic mass is 19.1. The van der Waals surface area contributed by atoms with Crippen LogP contribution < -0.4 is 10.6 Å². The summed E-state index contributed by atoms with van der Waals surface area (Å²) in [4.78, 5) is 11.3. The first-order chi connectivity index (χ1) is 15.9. The number of fused-ring (bicyclic) bond motifs is 2. The first-order valence-electron chi connectivity index (χ1n) is 11.0. The molecule has 2 N–H and O–H groups in total. The third-order valence-corrected chi connectivity index (χ3v) is 6.37. The molecule has 2 fully saturated rings. The highest BCUT2D eigenvalue weighted by Crippen LogP contribution is 2.27. The van der Waals surface area contributed by atoms with Gasteiger partial charge in [0, 0.05) is 56.1 Å². The van der Waals surface area contributed by atoms with Gasteiger partial charge in [-0.05, 0) is 36.2 Å². The van der Waals surface area contributed by atoms with Crippen LogP contribution in [0.4, 0.5) is 14.7 Å². The molecule has 5 nitrogen and oxygen atoms in total. The van der Waals surface area contributed by atoms with Gasteiger partial charge in [0.05, 0.1) is 21.4 Å². The van der Waals surface area contributed by atoms with E-state index in [2.05, 4.69) is 37.6 Å². The molecule has 2 saturated heterocycles. The molecule has 5 rings (SSSR count). The summed E-state index contributed by atoms with van der Waals surface area (Å²) in [7, 11) is 12.2. The van der Waals surface area contributed by atoms with Crippen LogP contribution in [-0.4, -0.2) is 62.3 Å². The van der Waals surface area contributed by atoms with Crippen LogP contribution in [0.3, 0.4) is 0 Å².